The normalized spacial score (nSPS) is 15.2. The number of ether oxygens (including phenoxy) is 1. The van der Waals surface area contributed by atoms with Crippen LogP contribution in [0.3, 0.4) is 0 Å². The van der Waals surface area contributed by atoms with Crippen molar-refractivity contribution < 1.29 is 14.3 Å². The molecule has 1 aromatic heterocycles. The van der Waals surface area contributed by atoms with Gasteiger partial charge in [-0.3, -0.25) is 10.2 Å². The lowest BCUT2D eigenvalue weighted by atomic mass is 10.0. The first-order valence-corrected chi connectivity index (χ1v) is 11.2. The van der Waals surface area contributed by atoms with Gasteiger partial charge >= 0.3 is 6.09 Å². The fourth-order valence-electron chi connectivity index (χ4n) is 3.16. The van der Waals surface area contributed by atoms with Gasteiger partial charge in [-0.15, -0.1) is 11.3 Å². The van der Waals surface area contributed by atoms with Crippen LogP contribution in [0.4, 0.5) is 9.93 Å². The summed E-state index contributed by atoms with van der Waals surface area (Å²) in [4.78, 5) is 30.8. The largest absolute Gasteiger partial charge is 0.444 e. The van der Waals surface area contributed by atoms with E-state index in [0.717, 1.165) is 16.4 Å². The van der Waals surface area contributed by atoms with E-state index in [0.29, 0.717) is 31.5 Å². The van der Waals surface area contributed by atoms with Gasteiger partial charge < -0.3 is 15.0 Å². The Morgan fingerprint density at radius 1 is 1.23 bits per heavy atom. The number of nitrogens with one attached hydrogen (secondary N) is 2. The molecule has 1 aliphatic rings. The van der Waals surface area contributed by atoms with E-state index in [4.69, 9.17) is 4.74 Å². The fourth-order valence-corrected chi connectivity index (χ4v) is 3.80. The zero-order chi connectivity index (χ0) is 22.4. The van der Waals surface area contributed by atoms with E-state index in [-0.39, 0.29) is 11.9 Å². The number of carbonyl (C=O) groups excluding carboxylic acids is 2. The summed E-state index contributed by atoms with van der Waals surface area (Å²) in [7, 11) is 0. The highest BCUT2D eigenvalue weighted by Gasteiger charge is 2.26. The van der Waals surface area contributed by atoms with Gasteiger partial charge in [-0.25, -0.2) is 9.78 Å². The van der Waals surface area contributed by atoms with Gasteiger partial charge in [0.1, 0.15) is 5.60 Å². The van der Waals surface area contributed by atoms with E-state index in [9.17, 15) is 9.59 Å². The highest BCUT2D eigenvalue weighted by atomic mass is 32.1. The third kappa shape index (κ3) is 7.06. The number of aryl methyl sites for hydroxylation is 1. The number of anilines is 1. The molecule has 2 heterocycles. The first-order valence-electron chi connectivity index (χ1n) is 10.3. The van der Waals surface area contributed by atoms with Crippen LogP contribution in [0.15, 0.2) is 34.7 Å². The third-order valence-electron chi connectivity index (χ3n) is 4.65. The number of hydrogen-bond acceptors (Lipinski definition) is 7. The number of aromatic nitrogens is 1. The lowest BCUT2D eigenvalue weighted by Crippen LogP contribution is -2.47. The number of piperidine rings is 1. The number of hydrazone groups is 1. The molecule has 0 atom stereocenters. The molecule has 0 bridgehead atoms. The summed E-state index contributed by atoms with van der Waals surface area (Å²) >= 11 is 1.50. The summed E-state index contributed by atoms with van der Waals surface area (Å²) in [6, 6.07) is 7.36. The second kappa shape index (κ2) is 9.91. The first-order chi connectivity index (χ1) is 14.7. The van der Waals surface area contributed by atoms with Crippen molar-refractivity contribution in [2.45, 2.75) is 52.2 Å². The Labute approximate surface area is 186 Å². The topological polar surface area (TPSA) is 95.9 Å². The molecule has 1 aromatic carbocycles. The van der Waals surface area contributed by atoms with Crippen LogP contribution in [0, 0.1) is 6.92 Å². The number of nitrogens with zero attached hydrogens (tertiary/aromatic N) is 3. The average Bonchev–Trinajstić information content (AvgIpc) is 3.12. The quantitative estimate of drug-likeness (QED) is 0.537. The fraction of sp³-hybridized carbons (Fsp3) is 0.455. The van der Waals surface area contributed by atoms with Gasteiger partial charge in [0, 0.05) is 30.1 Å². The van der Waals surface area contributed by atoms with Crippen LogP contribution in [0.2, 0.25) is 0 Å². The molecule has 1 aliphatic heterocycles. The second-order valence-electron chi connectivity index (χ2n) is 8.50. The molecule has 166 valence electrons. The Kier molecular flexibility index (Phi) is 7.27. The summed E-state index contributed by atoms with van der Waals surface area (Å²) < 4.78 is 5.30. The molecule has 1 saturated heterocycles. The minimum absolute atomic E-state index is 0.00408. The number of rotatable bonds is 5. The van der Waals surface area contributed by atoms with E-state index >= 15 is 0 Å². The molecule has 1 fully saturated rings. The molecular formula is C22H29N5O3S. The molecule has 2 aromatic rings. The van der Waals surface area contributed by atoms with Gasteiger partial charge in [0.2, 0.25) is 5.13 Å². The third-order valence-corrected chi connectivity index (χ3v) is 5.52. The van der Waals surface area contributed by atoms with Gasteiger partial charge in [0.25, 0.3) is 5.91 Å². The number of alkyl carbamates (subject to hydrolysis) is 1. The molecule has 0 aliphatic carbocycles. The lowest BCUT2D eigenvalue weighted by molar-refractivity contribution is 0.0473. The van der Waals surface area contributed by atoms with Crippen molar-refractivity contribution in [1.29, 1.82) is 0 Å². The van der Waals surface area contributed by atoms with E-state index in [1.54, 1.807) is 6.21 Å². The molecule has 0 spiro atoms. The van der Waals surface area contributed by atoms with Gasteiger partial charge in [0.15, 0.2) is 0 Å². The minimum atomic E-state index is -0.520. The monoisotopic (exact) mass is 443 g/mol. The van der Waals surface area contributed by atoms with Crippen LogP contribution in [-0.2, 0) is 4.74 Å². The highest BCUT2D eigenvalue weighted by molar-refractivity contribution is 7.13. The summed E-state index contributed by atoms with van der Waals surface area (Å²) in [5.74, 6) is -0.00408. The number of likely N-dealkylation sites (tertiary alicyclic amines) is 1. The summed E-state index contributed by atoms with van der Waals surface area (Å²) in [5, 5.41) is 9.76. The zero-order valence-corrected chi connectivity index (χ0v) is 19.2. The Bertz CT molecular complexity index is 925. The molecule has 31 heavy (non-hydrogen) atoms. The summed E-state index contributed by atoms with van der Waals surface area (Å²) in [6.45, 7) is 8.64. The van der Waals surface area contributed by atoms with Gasteiger partial charge in [-0.2, -0.15) is 5.10 Å². The number of amides is 2. The van der Waals surface area contributed by atoms with Crippen molar-refractivity contribution >= 4 is 34.7 Å². The smallest absolute Gasteiger partial charge is 0.407 e. The molecule has 2 N–H and O–H groups in total. The molecule has 3 rings (SSSR count). The standard InChI is InChI=1S/C22H29N5O3S/c1-15-14-31-20(24-15)26-23-13-16-5-7-17(8-6-16)19(28)27-11-9-18(10-12-27)25-21(29)30-22(2,3)4/h5-8,13-14,18H,9-12H2,1-4H3,(H,24,26)(H,25,29). The molecule has 2 amide bonds. The van der Waals surface area contributed by atoms with E-state index in [1.165, 1.54) is 11.3 Å². The van der Waals surface area contributed by atoms with Crippen LogP contribution < -0.4 is 10.7 Å². The van der Waals surface area contributed by atoms with Crippen molar-refractivity contribution in [3.05, 3.63) is 46.5 Å². The van der Waals surface area contributed by atoms with Gasteiger partial charge in [-0.1, -0.05) is 12.1 Å². The maximum absolute atomic E-state index is 12.8. The Hall–Kier alpha value is -2.94. The SMILES string of the molecule is Cc1csc(NN=Cc2ccc(C(=O)N3CCC(NC(=O)OC(C)(C)C)CC3)cc2)n1. The van der Waals surface area contributed by atoms with Crippen molar-refractivity contribution in [3.8, 4) is 0 Å². The van der Waals surface area contributed by atoms with Crippen molar-refractivity contribution in [2.24, 2.45) is 5.10 Å². The number of carbonyl (C=O) groups is 2. The maximum atomic E-state index is 12.8. The van der Waals surface area contributed by atoms with Crippen LogP contribution in [-0.4, -0.2) is 52.8 Å². The van der Waals surface area contributed by atoms with Crippen molar-refractivity contribution in [1.82, 2.24) is 15.2 Å². The predicted molar refractivity (Wildman–Crippen MR) is 123 cm³/mol. The molecule has 0 unspecified atom stereocenters. The zero-order valence-electron chi connectivity index (χ0n) is 18.3. The van der Waals surface area contributed by atoms with Crippen molar-refractivity contribution in [2.75, 3.05) is 18.5 Å². The molecular weight excluding hydrogens is 414 g/mol. The summed E-state index contributed by atoms with van der Waals surface area (Å²) in [5.41, 5.74) is 4.85. The lowest BCUT2D eigenvalue weighted by Gasteiger charge is -2.33. The Morgan fingerprint density at radius 3 is 2.48 bits per heavy atom. The van der Waals surface area contributed by atoms with E-state index in [2.05, 4.69) is 20.8 Å². The van der Waals surface area contributed by atoms with Crippen molar-refractivity contribution in [3.63, 3.8) is 0 Å². The van der Waals surface area contributed by atoms with E-state index < -0.39 is 11.7 Å². The Morgan fingerprint density at radius 2 is 1.90 bits per heavy atom. The van der Waals surface area contributed by atoms with E-state index in [1.807, 2.05) is 62.2 Å². The maximum Gasteiger partial charge on any atom is 0.407 e. The van der Waals surface area contributed by atoms with Crippen LogP contribution >= 0.6 is 11.3 Å². The van der Waals surface area contributed by atoms with Crippen LogP contribution in [0.5, 0.6) is 0 Å². The van der Waals surface area contributed by atoms with Crippen LogP contribution in [0.1, 0.15) is 55.2 Å². The van der Waals surface area contributed by atoms with Gasteiger partial charge in [-0.05, 0) is 58.2 Å². The molecule has 0 radical (unpaired) electrons. The number of thiazole rings is 1. The number of hydrogen-bond donors (Lipinski definition) is 2. The highest BCUT2D eigenvalue weighted by Crippen LogP contribution is 2.16. The molecule has 8 nitrogen and oxygen atoms in total. The molecule has 0 saturated carbocycles. The predicted octanol–water partition coefficient (Wildman–Crippen LogP) is 4.03. The average molecular weight is 444 g/mol. The Balaban J connectivity index is 1.46. The van der Waals surface area contributed by atoms with Crippen LogP contribution in [0.25, 0.3) is 0 Å². The molecule has 9 heteroatoms. The summed E-state index contributed by atoms with van der Waals surface area (Å²) in [6.07, 6.45) is 2.70. The van der Waals surface area contributed by atoms with Gasteiger partial charge in [0.05, 0.1) is 11.9 Å². The first kappa shape index (κ1) is 22.7. The number of benzene rings is 1. The minimum Gasteiger partial charge on any atom is -0.444 e. The second-order valence-corrected chi connectivity index (χ2v) is 9.36.